The molecule has 0 saturated carbocycles. The van der Waals surface area contributed by atoms with Crippen molar-refractivity contribution in [3.63, 3.8) is 0 Å². The molecule has 4 rings (SSSR count). The van der Waals surface area contributed by atoms with E-state index in [1.165, 1.54) is 6.07 Å². The fraction of sp³-hybridized carbons (Fsp3) is 0.273. The number of hydrogen-bond donors (Lipinski definition) is 1. The first-order valence-electron chi connectivity index (χ1n) is 9.44. The second kappa shape index (κ2) is 7.36. The number of nitrogens with one attached hydrogen (secondary N) is 1. The second-order valence-electron chi connectivity index (χ2n) is 7.03. The van der Waals surface area contributed by atoms with Crippen LogP contribution in [0.1, 0.15) is 41.7 Å². The van der Waals surface area contributed by atoms with Gasteiger partial charge in [-0.1, -0.05) is 18.2 Å². The molecule has 2 aromatic heterocycles. The molecule has 3 heterocycles. The molecule has 1 saturated heterocycles. The molecule has 6 heteroatoms. The summed E-state index contributed by atoms with van der Waals surface area (Å²) in [4.78, 5) is 6.74. The number of aryl methyl sites for hydroxylation is 1. The Hall–Kier alpha value is -2.73. The second-order valence-corrected chi connectivity index (χ2v) is 7.41. The maximum absolute atomic E-state index is 14.5. The Morgan fingerprint density at radius 3 is 2.57 bits per heavy atom. The van der Waals surface area contributed by atoms with Crippen LogP contribution in [-0.2, 0) is 0 Å². The van der Waals surface area contributed by atoms with Gasteiger partial charge in [0.25, 0.3) is 0 Å². The van der Waals surface area contributed by atoms with Crippen LogP contribution in [0.3, 0.4) is 0 Å². The number of aromatic nitrogens is 2. The highest BCUT2D eigenvalue weighted by Gasteiger charge is 2.40. The molecule has 0 aliphatic carbocycles. The summed E-state index contributed by atoms with van der Waals surface area (Å²) in [6.45, 7) is 6.93. The van der Waals surface area contributed by atoms with E-state index in [1.54, 1.807) is 12.3 Å². The first-order chi connectivity index (χ1) is 13.5. The lowest BCUT2D eigenvalue weighted by atomic mass is 9.97. The number of thiocarbonyl (C=S) groups is 1. The lowest BCUT2D eigenvalue weighted by Gasteiger charge is -2.27. The molecule has 1 N–H and O–H groups in total. The van der Waals surface area contributed by atoms with Crippen LogP contribution >= 0.6 is 12.2 Å². The normalized spacial score (nSPS) is 19.1. The van der Waals surface area contributed by atoms with Crippen molar-refractivity contribution in [1.82, 2.24) is 19.8 Å². The van der Waals surface area contributed by atoms with Crippen LogP contribution in [0.2, 0.25) is 0 Å². The van der Waals surface area contributed by atoms with E-state index in [2.05, 4.69) is 28.2 Å². The van der Waals surface area contributed by atoms with Crippen molar-refractivity contribution in [2.45, 2.75) is 32.9 Å². The minimum atomic E-state index is -0.232. The monoisotopic (exact) mass is 394 g/mol. The minimum absolute atomic E-state index is 0.000812. The van der Waals surface area contributed by atoms with E-state index in [1.807, 2.05) is 48.7 Å². The molecule has 1 fully saturated rings. The quantitative estimate of drug-likeness (QED) is 0.655. The van der Waals surface area contributed by atoms with Crippen molar-refractivity contribution in [2.24, 2.45) is 0 Å². The zero-order valence-electron chi connectivity index (χ0n) is 16.2. The van der Waals surface area contributed by atoms with Crippen LogP contribution in [0.4, 0.5) is 4.39 Å². The van der Waals surface area contributed by atoms with Gasteiger partial charge in [0.15, 0.2) is 5.11 Å². The Morgan fingerprint density at radius 1 is 1.14 bits per heavy atom. The largest absolute Gasteiger partial charge is 0.352 e. The summed E-state index contributed by atoms with van der Waals surface area (Å²) in [6, 6.07) is 14.9. The molecular formula is C22H23FN4S. The summed E-state index contributed by atoms with van der Waals surface area (Å²) >= 11 is 5.61. The van der Waals surface area contributed by atoms with Gasteiger partial charge in [-0.25, -0.2) is 4.39 Å². The van der Waals surface area contributed by atoms with Crippen LogP contribution in [0, 0.1) is 19.7 Å². The van der Waals surface area contributed by atoms with E-state index in [-0.39, 0.29) is 17.9 Å². The van der Waals surface area contributed by atoms with Gasteiger partial charge in [-0.3, -0.25) is 4.98 Å². The molecule has 1 aliphatic rings. The molecule has 0 spiro atoms. The van der Waals surface area contributed by atoms with Crippen molar-refractivity contribution in [1.29, 1.82) is 0 Å². The molecule has 0 unspecified atom stereocenters. The predicted octanol–water partition coefficient (Wildman–Crippen LogP) is 4.62. The van der Waals surface area contributed by atoms with Crippen molar-refractivity contribution in [3.8, 4) is 5.69 Å². The van der Waals surface area contributed by atoms with E-state index in [4.69, 9.17) is 12.2 Å². The third-order valence-electron chi connectivity index (χ3n) is 5.42. The van der Waals surface area contributed by atoms with Gasteiger partial charge >= 0.3 is 0 Å². The van der Waals surface area contributed by atoms with E-state index in [0.29, 0.717) is 5.69 Å². The third-order valence-corrected chi connectivity index (χ3v) is 5.77. The van der Waals surface area contributed by atoms with Crippen molar-refractivity contribution < 1.29 is 4.39 Å². The van der Waals surface area contributed by atoms with Gasteiger partial charge < -0.3 is 14.8 Å². The van der Waals surface area contributed by atoms with Gasteiger partial charge in [0, 0.05) is 24.1 Å². The average molecular weight is 395 g/mol. The highest BCUT2D eigenvalue weighted by molar-refractivity contribution is 7.80. The molecule has 144 valence electrons. The van der Waals surface area contributed by atoms with E-state index in [9.17, 15) is 4.39 Å². The summed E-state index contributed by atoms with van der Waals surface area (Å²) < 4.78 is 16.5. The Labute approximate surface area is 170 Å². The molecule has 2 atom stereocenters. The molecule has 0 amide bonds. The lowest BCUT2D eigenvalue weighted by Crippen LogP contribution is -2.29. The number of pyridine rings is 1. The summed E-state index contributed by atoms with van der Waals surface area (Å²) in [5, 5.41) is 4.16. The van der Waals surface area contributed by atoms with Gasteiger partial charge in [-0.2, -0.15) is 0 Å². The number of halogens is 1. The third kappa shape index (κ3) is 2.98. The SMILES string of the molecule is CCN1C(=S)N[C@@H](c2ccccn2)[C@@H]1c1cc(C)n(-c2ccccc2F)c1C. The van der Waals surface area contributed by atoms with Gasteiger partial charge in [0.2, 0.25) is 0 Å². The standard InChI is InChI=1S/C22H23FN4S/c1-4-26-21(20(25-22(26)28)18-10-7-8-12-24-18)16-13-14(2)27(15(16)3)19-11-6-5-9-17(19)23/h5-13,20-21H,4H2,1-3H3,(H,25,28)/t20-,21-/m0/s1. The van der Waals surface area contributed by atoms with E-state index >= 15 is 0 Å². The maximum atomic E-state index is 14.5. The van der Waals surface area contributed by atoms with Gasteiger partial charge in [0.1, 0.15) is 5.82 Å². The highest BCUT2D eigenvalue weighted by atomic mass is 32.1. The first-order valence-corrected chi connectivity index (χ1v) is 9.85. The Bertz CT molecular complexity index is 1010. The fourth-order valence-corrected chi connectivity index (χ4v) is 4.54. The summed E-state index contributed by atoms with van der Waals surface area (Å²) in [7, 11) is 0. The van der Waals surface area contributed by atoms with Crippen LogP contribution in [0.5, 0.6) is 0 Å². The number of nitrogens with zero attached hydrogens (tertiary/aromatic N) is 3. The Balaban J connectivity index is 1.85. The van der Waals surface area contributed by atoms with Gasteiger partial charge in [-0.15, -0.1) is 0 Å². The van der Waals surface area contributed by atoms with E-state index in [0.717, 1.165) is 34.3 Å². The number of benzene rings is 1. The van der Waals surface area contributed by atoms with Crippen LogP contribution in [-0.4, -0.2) is 26.1 Å². The van der Waals surface area contributed by atoms with Gasteiger partial charge in [-0.05, 0) is 68.9 Å². The zero-order valence-corrected chi connectivity index (χ0v) is 17.0. The zero-order chi connectivity index (χ0) is 19.8. The average Bonchev–Trinajstić information content (AvgIpc) is 3.18. The highest BCUT2D eigenvalue weighted by Crippen LogP contribution is 2.41. The van der Waals surface area contributed by atoms with Crippen molar-refractivity contribution in [2.75, 3.05) is 6.54 Å². The topological polar surface area (TPSA) is 33.1 Å². The number of rotatable bonds is 4. The Kier molecular flexibility index (Phi) is 4.89. The summed E-state index contributed by atoms with van der Waals surface area (Å²) in [6.07, 6.45) is 1.80. The minimum Gasteiger partial charge on any atom is -0.352 e. The molecule has 28 heavy (non-hydrogen) atoms. The molecule has 3 aromatic rings. The molecular weight excluding hydrogens is 371 g/mol. The lowest BCUT2D eigenvalue weighted by molar-refractivity contribution is 0.329. The number of likely N-dealkylation sites (N-methyl/N-ethyl adjacent to an activating group) is 1. The smallest absolute Gasteiger partial charge is 0.170 e. The molecule has 1 aromatic carbocycles. The van der Waals surface area contributed by atoms with Crippen LogP contribution in [0.15, 0.2) is 54.7 Å². The van der Waals surface area contributed by atoms with Crippen LogP contribution < -0.4 is 5.32 Å². The molecule has 4 nitrogen and oxygen atoms in total. The fourth-order valence-electron chi connectivity index (χ4n) is 4.18. The summed E-state index contributed by atoms with van der Waals surface area (Å²) in [5.74, 6) is -0.232. The molecule has 1 aliphatic heterocycles. The summed E-state index contributed by atoms with van der Waals surface area (Å²) in [5.41, 5.74) is 4.64. The van der Waals surface area contributed by atoms with Gasteiger partial charge in [0.05, 0.1) is 23.5 Å². The number of hydrogen-bond acceptors (Lipinski definition) is 2. The van der Waals surface area contributed by atoms with Crippen LogP contribution in [0.25, 0.3) is 5.69 Å². The molecule has 0 bridgehead atoms. The van der Waals surface area contributed by atoms with E-state index < -0.39 is 0 Å². The predicted molar refractivity (Wildman–Crippen MR) is 113 cm³/mol. The maximum Gasteiger partial charge on any atom is 0.170 e. The first kappa shape index (κ1) is 18.6. The Morgan fingerprint density at radius 2 is 1.89 bits per heavy atom. The molecule has 0 radical (unpaired) electrons. The van der Waals surface area contributed by atoms with Crippen molar-refractivity contribution >= 4 is 17.3 Å². The van der Waals surface area contributed by atoms with Crippen molar-refractivity contribution in [3.05, 3.63) is 83.2 Å². The number of para-hydroxylation sites is 1.